The monoisotopic (exact) mass is 341 g/mol. The molecule has 2 aromatic rings. The van der Waals surface area contributed by atoms with Gasteiger partial charge in [-0.2, -0.15) is 5.10 Å². The van der Waals surface area contributed by atoms with Crippen LogP contribution < -0.4 is 0 Å². The second-order valence-corrected chi connectivity index (χ2v) is 6.39. The van der Waals surface area contributed by atoms with E-state index < -0.39 is 0 Å². The van der Waals surface area contributed by atoms with Crippen molar-refractivity contribution in [3.05, 3.63) is 42.5 Å². The summed E-state index contributed by atoms with van der Waals surface area (Å²) in [6.07, 6.45) is 3.45. The van der Waals surface area contributed by atoms with E-state index in [0.29, 0.717) is 19.5 Å². The van der Waals surface area contributed by atoms with Crippen LogP contribution in [0, 0.1) is 5.92 Å². The Morgan fingerprint density at radius 1 is 1.36 bits per heavy atom. The predicted octanol–water partition coefficient (Wildman–Crippen LogP) is 1.66. The number of benzene rings is 1. The minimum absolute atomic E-state index is 0.0251. The number of aromatic nitrogens is 3. The quantitative estimate of drug-likeness (QED) is 0.829. The maximum Gasteiger partial charge on any atom is 0.228 e. The van der Waals surface area contributed by atoms with Gasteiger partial charge in [-0.05, 0) is 31.5 Å². The summed E-state index contributed by atoms with van der Waals surface area (Å²) in [5.41, 5.74) is 1.96. The third-order valence-corrected chi connectivity index (χ3v) is 4.93. The molecule has 1 fully saturated rings. The summed E-state index contributed by atoms with van der Waals surface area (Å²) in [5.74, 6) is -0.148. The lowest BCUT2D eigenvalue weighted by Crippen LogP contribution is -2.36. The Labute approximate surface area is 147 Å². The zero-order valence-corrected chi connectivity index (χ0v) is 14.8. The van der Waals surface area contributed by atoms with Crippen LogP contribution in [0.25, 0.3) is 5.69 Å². The maximum atomic E-state index is 12.7. The molecule has 132 valence electrons. The number of carbonyl (C=O) groups is 2. The summed E-state index contributed by atoms with van der Waals surface area (Å²) in [7, 11) is 1.80. The van der Waals surface area contributed by atoms with Crippen molar-refractivity contribution in [1.29, 1.82) is 0 Å². The number of carbonyl (C=O) groups excluding carboxylic acids is 2. The summed E-state index contributed by atoms with van der Waals surface area (Å²) in [6, 6.07) is 7.82. The second kappa shape index (κ2) is 7.04. The molecule has 1 aliphatic rings. The van der Waals surface area contributed by atoms with Crippen LogP contribution >= 0.6 is 0 Å². The molecule has 0 saturated carbocycles. The standard InChI is InChI=1S/C18H23N5O2/c1-4-22-10-15(9-17(22)24)18(25)21(3)13(2)14-5-7-16(8-6-14)23-12-19-11-20-23/h5-8,11-13,15H,4,9-10H2,1-3H3/t13-,15+/m1/s1. The summed E-state index contributed by atoms with van der Waals surface area (Å²) >= 11 is 0. The van der Waals surface area contributed by atoms with Crippen LogP contribution in [0.3, 0.4) is 0 Å². The smallest absolute Gasteiger partial charge is 0.228 e. The van der Waals surface area contributed by atoms with Gasteiger partial charge in [-0.1, -0.05) is 12.1 Å². The summed E-state index contributed by atoms with van der Waals surface area (Å²) < 4.78 is 1.69. The highest BCUT2D eigenvalue weighted by molar-refractivity contribution is 5.89. The molecule has 0 bridgehead atoms. The molecule has 0 N–H and O–H groups in total. The molecule has 7 nitrogen and oxygen atoms in total. The number of hydrogen-bond acceptors (Lipinski definition) is 4. The van der Waals surface area contributed by atoms with Crippen LogP contribution in [-0.2, 0) is 9.59 Å². The van der Waals surface area contributed by atoms with Crippen molar-refractivity contribution in [3.63, 3.8) is 0 Å². The van der Waals surface area contributed by atoms with Crippen molar-refractivity contribution in [3.8, 4) is 5.69 Å². The molecule has 0 radical (unpaired) electrons. The highest BCUT2D eigenvalue weighted by atomic mass is 16.2. The van der Waals surface area contributed by atoms with Gasteiger partial charge in [-0.3, -0.25) is 9.59 Å². The van der Waals surface area contributed by atoms with Crippen LogP contribution in [0.2, 0.25) is 0 Å². The fourth-order valence-corrected chi connectivity index (χ4v) is 3.19. The molecule has 2 atom stereocenters. The number of nitrogens with zero attached hydrogens (tertiary/aromatic N) is 5. The van der Waals surface area contributed by atoms with E-state index in [2.05, 4.69) is 10.1 Å². The van der Waals surface area contributed by atoms with E-state index in [0.717, 1.165) is 11.3 Å². The predicted molar refractivity (Wildman–Crippen MR) is 92.9 cm³/mol. The van der Waals surface area contributed by atoms with E-state index in [4.69, 9.17) is 0 Å². The molecule has 7 heteroatoms. The van der Waals surface area contributed by atoms with Gasteiger partial charge < -0.3 is 9.80 Å². The first-order chi connectivity index (χ1) is 12.0. The third kappa shape index (κ3) is 3.40. The van der Waals surface area contributed by atoms with Gasteiger partial charge in [-0.25, -0.2) is 9.67 Å². The molecule has 1 aliphatic heterocycles. The Balaban J connectivity index is 1.68. The van der Waals surface area contributed by atoms with Gasteiger partial charge in [0.25, 0.3) is 0 Å². The fraction of sp³-hybridized carbons (Fsp3) is 0.444. The van der Waals surface area contributed by atoms with Crippen LogP contribution in [0.15, 0.2) is 36.9 Å². The molecule has 2 heterocycles. The van der Waals surface area contributed by atoms with Crippen LogP contribution in [-0.4, -0.2) is 56.5 Å². The van der Waals surface area contributed by atoms with E-state index in [-0.39, 0.29) is 23.8 Å². The van der Waals surface area contributed by atoms with Crippen molar-refractivity contribution < 1.29 is 9.59 Å². The van der Waals surface area contributed by atoms with Gasteiger partial charge in [0, 0.05) is 26.6 Å². The SMILES string of the molecule is CCN1C[C@@H](C(=O)N(C)[C@H](C)c2ccc(-n3cncn3)cc2)CC1=O. The van der Waals surface area contributed by atoms with Crippen molar-refractivity contribution in [2.45, 2.75) is 26.3 Å². The van der Waals surface area contributed by atoms with Crippen molar-refractivity contribution in [2.24, 2.45) is 5.92 Å². The molecule has 0 spiro atoms. The van der Waals surface area contributed by atoms with Crippen LogP contribution in [0.5, 0.6) is 0 Å². The molecular formula is C18H23N5O2. The lowest BCUT2D eigenvalue weighted by atomic mass is 10.0. The van der Waals surface area contributed by atoms with Gasteiger partial charge in [0.1, 0.15) is 12.7 Å². The Hall–Kier alpha value is -2.70. The minimum Gasteiger partial charge on any atom is -0.342 e. The molecule has 1 aromatic heterocycles. The second-order valence-electron chi connectivity index (χ2n) is 6.39. The van der Waals surface area contributed by atoms with Crippen LogP contribution in [0.4, 0.5) is 0 Å². The van der Waals surface area contributed by atoms with E-state index in [1.54, 1.807) is 27.9 Å². The Morgan fingerprint density at radius 3 is 2.64 bits per heavy atom. The first-order valence-corrected chi connectivity index (χ1v) is 8.50. The molecule has 2 amide bonds. The van der Waals surface area contributed by atoms with Gasteiger partial charge >= 0.3 is 0 Å². The highest BCUT2D eigenvalue weighted by Crippen LogP contribution is 2.25. The van der Waals surface area contributed by atoms with Crippen molar-refractivity contribution in [1.82, 2.24) is 24.6 Å². The largest absolute Gasteiger partial charge is 0.342 e. The van der Waals surface area contributed by atoms with Crippen LogP contribution in [0.1, 0.15) is 31.9 Å². The normalized spacial score (nSPS) is 18.4. The number of amides is 2. The average molecular weight is 341 g/mol. The van der Waals surface area contributed by atoms with E-state index >= 15 is 0 Å². The zero-order valence-electron chi connectivity index (χ0n) is 14.8. The third-order valence-electron chi connectivity index (χ3n) is 4.93. The summed E-state index contributed by atoms with van der Waals surface area (Å²) in [6.45, 7) is 5.12. The average Bonchev–Trinajstić information content (AvgIpc) is 3.29. The first kappa shape index (κ1) is 17.1. The molecular weight excluding hydrogens is 318 g/mol. The Morgan fingerprint density at radius 2 is 2.08 bits per heavy atom. The van der Waals surface area contributed by atoms with E-state index in [1.807, 2.05) is 38.1 Å². The number of likely N-dealkylation sites (tertiary alicyclic amines) is 1. The van der Waals surface area contributed by atoms with E-state index in [1.165, 1.54) is 6.33 Å². The highest BCUT2D eigenvalue weighted by Gasteiger charge is 2.36. The summed E-state index contributed by atoms with van der Waals surface area (Å²) in [5, 5.41) is 4.10. The van der Waals surface area contributed by atoms with Gasteiger partial charge in [0.05, 0.1) is 17.6 Å². The maximum absolute atomic E-state index is 12.7. The zero-order chi connectivity index (χ0) is 18.0. The van der Waals surface area contributed by atoms with E-state index in [9.17, 15) is 9.59 Å². The number of rotatable bonds is 5. The molecule has 25 heavy (non-hydrogen) atoms. The number of hydrogen-bond donors (Lipinski definition) is 0. The van der Waals surface area contributed by atoms with Gasteiger partial charge in [0.15, 0.2) is 0 Å². The van der Waals surface area contributed by atoms with Gasteiger partial charge in [-0.15, -0.1) is 0 Å². The minimum atomic E-state index is -0.241. The molecule has 0 aliphatic carbocycles. The summed E-state index contributed by atoms with van der Waals surface area (Å²) in [4.78, 5) is 32.0. The van der Waals surface area contributed by atoms with Crippen molar-refractivity contribution >= 4 is 11.8 Å². The molecule has 0 unspecified atom stereocenters. The van der Waals surface area contributed by atoms with Gasteiger partial charge in [0.2, 0.25) is 11.8 Å². The fourth-order valence-electron chi connectivity index (χ4n) is 3.19. The van der Waals surface area contributed by atoms with Crippen molar-refractivity contribution in [2.75, 3.05) is 20.1 Å². The molecule has 1 aromatic carbocycles. The lowest BCUT2D eigenvalue weighted by Gasteiger charge is -2.28. The molecule has 1 saturated heterocycles. The Kier molecular flexibility index (Phi) is 4.83. The lowest BCUT2D eigenvalue weighted by molar-refractivity contribution is -0.136. The Bertz CT molecular complexity index is 741. The first-order valence-electron chi connectivity index (χ1n) is 8.50. The topological polar surface area (TPSA) is 71.3 Å². The molecule has 3 rings (SSSR count).